The third-order valence-electron chi connectivity index (χ3n) is 2.41. The van der Waals surface area contributed by atoms with Crippen LogP contribution in [0.4, 0.5) is 4.39 Å². The summed E-state index contributed by atoms with van der Waals surface area (Å²) in [5, 5.41) is 7.45. The molecule has 5 heteroatoms. The first-order chi connectivity index (χ1) is 8.22. The molecule has 0 aliphatic rings. The maximum absolute atomic E-state index is 13.0. The number of aromatic nitrogens is 2. The highest BCUT2D eigenvalue weighted by Gasteiger charge is 2.07. The molecule has 0 aliphatic heterocycles. The monoisotopic (exact) mass is 246 g/mol. The van der Waals surface area contributed by atoms with Gasteiger partial charge in [-0.1, -0.05) is 12.2 Å². The van der Waals surface area contributed by atoms with Crippen LogP contribution in [0.3, 0.4) is 0 Å². The predicted octanol–water partition coefficient (Wildman–Crippen LogP) is 3.69. The lowest BCUT2D eigenvalue weighted by atomic mass is 10.2. The molecule has 17 heavy (non-hydrogen) atoms. The van der Waals surface area contributed by atoms with E-state index in [0.717, 1.165) is 0 Å². The van der Waals surface area contributed by atoms with E-state index in [9.17, 15) is 4.39 Å². The van der Waals surface area contributed by atoms with Gasteiger partial charge < -0.3 is 4.42 Å². The SMILES string of the molecule is Fc1ccc2oc(-c3ccc(=S)[nH]n3)cc2c1. The molecule has 2 heterocycles. The highest BCUT2D eigenvalue weighted by molar-refractivity contribution is 7.71. The average Bonchev–Trinajstić information content (AvgIpc) is 2.72. The maximum Gasteiger partial charge on any atom is 0.155 e. The van der Waals surface area contributed by atoms with E-state index in [0.29, 0.717) is 27.1 Å². The first-order valence-electron chi connectivity index (χ1n) is 4.97. The quantitative estimate of drug-likeness (QED) is 0.666. The Bertz CT molecular complexity index is 727. The Morgan fingerprint density at radius 2 is 2.06 bits per heavy atom. The molecule has 1 N–H and O–H groups in total. The summed E-state index contributed by atoms with van der Waals surface area (Å²) in [6, 6.07) is 9.62. The van der Waals surface area contributed by atoms with Gasteiger partial charge in [0.25, 0.3) is 0 Å². The van der Waals surface area contributed by atoms with Crippen molar-refractivity contribution in [2.45, 2.75) is 0 Å². The normalized spacial score (nSPS) is 10.9. The third-order valence-corrected chi connectivity index (χ3v) is 2.64. The zero-order valence-corrected chi connectivity index (χ0v) is 9.42. The van der Waals surface area contributed by atoms with Crippen molar-refractivity contribution in [1.29, 1.82) is 0 Å². The molecule has 0 unspecified atom stereocenters. The molecule has 0 saturated heterocycles. The summed E-state index contributed by atoms with van der Waals surface area (Å²) in [4.78, 5) is 0. The predicted molar refractivity (Wildman–Crippen MR) is 64.6 cm³/mol. The molecule has 3 aromatic rings. The lowest BCUT2D eigenvalue weighted by Gasteiger charge is -1.93. The first-order valence-corrected chi connectivity index (χ1v) is 5.38. The van der Waals surface area contributed by atoms with Crippen LogP contribution in [-0.4, -0.2) is 10.2 Å². The Morgan fingerprint density at radius 1 is 1.18 bits per heavy atom. The zero-order valence-electron chi connectivity index (χ0n) is 8.61. The molecule has 0 radical (unpaired) electrons. The molecule has 0 atom stereocenters. The summed E-state index contributed by atoms with van der Waals surface area (Å²) < 4.78 is 19.1. The van der Waals surface area contributed by atoms with Gasteiger partial charge in [-0.3, -0.25) is 5.10 Å². The van der Waals surface area contributed by atoms with Crippen LogP contribution < -0.4 is 0 Å². The largest absolute Gasteiger partial charge is 0.454 e. The number of fused-ring (bicyclic) bond motifs is 1. The van der Waals surface area contributed by atoms with Crippen molar-refractivity contribution in [1.82, 2.24) is 10.2 Å². The van der Waals surface area contributed by atoms with Gasteiger partial charge in [0.1, 0.15) is 21.7 Å². The minimum atomic E-state index is -0.287. The van der Waals surface area contributed by atoms with Crippen molar-refractivity contribution in [2.24, 2.45) is 0 Å². The Labute approximate surface area is 101 Å². The van der Waals surface area contributed by atoms with E-state index in [-0.39, 0.29) is 5.82 Å². The number of nitrogens with one attached hydrogen (secondary N) is 1. The van der Waals surface area contributed by atoms with E-state index in [4.69, 9.17) is 16.6 Å². The molecular formula is C12H7FN2OS. The number of benzene rings is 1. The van der Waals surface area contributed by atoms with Crippen molar-refractivity contribution < 1.29 is 8.81 Å². The Morgan fingerprint density at radius 3 is 2.82 bits per heavy atom. The molecule has 3 rings (SSSR count). The second kappa shape index (κ2) is 3.78. The highest BCUT2D eigenvalue weighted by atomic mass is 32.1. The van der Waals surface area contributed by atoms with Crippen molar-refractivity contribution in [3.8, 4) is 11.5 Å². The molecule has 2 aromatic heterocycles. The molecular weight excluding hydrogens is 239 g/mol. The summed E-state index contributed by atoms with van der Waals surface area (Å²) in [6.45, 7) is 0. The maximum atomic E-state index is 13.0. The van der Waals surface area contributed by atoms with E-state index in [1.807, 2.05) is 0 Å². The van der Waals surface area contributed by atoms with Crippen LogP contribution in [-0.2, 0) is 0 Å². The number of rotatable bonds is 1. The van der Waals surface area contributed by atoms with Gasteiger partial charge in [-0.15, -0.1) is 0 Å². The highest BCUT2D eigenvalue weighted by Crippen LogP contribution is 2.26. The number of H-pyrrole nitrogens is 1. The number of aromatic amines is 1. The second-order valence-electron chi connectivity index (χ2n) is 3.60. The van der Waals surface area contributed by atoms with Gasteiger partial charge in [0.2, 0.25) is 0 Å². The summed E-state index contributed by atoms with van der Waals surface area (Å²) >= 11 is 4.90. The van der Waals surface area contributed by atoms with E-state index in [1.165, 1.54) is 12.1 Å². The third kappa shape index (κ3) is 1.85. The van der Waals surface area contributed by atoms with Gasteiger partial charge in [0.15, 0.2) is 5.76 Å². The molecule has 1 aromatic carbocycles. The fraction of sp³-hybridized carbons (Fsp3) is 0. The molecule has 0 spiro atoms. The average molecular weight is 246 g/mol. The number of hydrogen-bond donors (Lipinski definition) is 1. The van der Waals surface area contributed by atoms with Crippen molar-refractivity contribution in [2.75, 3.05) is 0 Å². The molecule has 3 nitrogen and oxygen atoms in total. The van der Waals surface area contributed by atoms with Crippen LogP contribution in [0.2, 0.25) is 0 Å². The number of nitrogens with zero attached hydrogens (tertiary/aromatic N) is 1. The molecule has 0 saturated carbocycles. The Hall–Kier alpha value is -2.01. The van der Waals surface area contributed by atoms with Crippen LogP contribution in [0, 0.1) is 10.5 Å². The first kappa shape index (κ1) is 10.2. The van der Waals surface area contributed by atoms with Gasteiger partial charge in [-0.05, 0) is 36.4 Å². The van der Waals surface area contributed by atoms with Crippen LogP contribution in [0.15, 0.2) is 40.8 Å². The molecule has 84 valence electrons. The summed E-state index contributed by atoms with van der Waals surface area (Å²) in [5.41, 5.74) is 1.26. The smallest absolute Gasteiger partial charge is 0.155 e. The van der Waals surface area contributed by atoms with Gasteiger partial charge >= 0.3 is 0 Å². The number of hydrogen-bond acceptors (Lipinski definition) is 3. The van der Waals surface area contributed by atoms with E-state index >= 15 is 0 Å². The number of furan rings is 1. The van der Waals surface area contributed by atoms with Gasteiger partial charge in [-0.2, -0.15) is 5.10 Å². The zero-order chi connectivity index (χ0) is 11.8. The summed E-state index contributed by atoms with van der Waals surface area (Å²) in [5.74, 6) is 0.294. The van der Waals surface area contributed by atoms with Crippen molar-refractivity contribution in [3.63, 3.8) is 0 Å². The molecule has 0 bridgehead atoms. The number of halogens is 1. The Balaban J connectivity index is 2.17. The lowest BCUT2D eigenvalue weighted by Crippen LogP contribution is -1.84. The van der Waals surface area contributed by atoms with E-state index < -0.39 is 0 Å². The lowest BCUT2D eigenvalue weighted by molar-refractivity contribution is 0.617. The summed E-state index contributed by atoms with van der Waals surface area (Å²) in [7, 11) is 0. The summed E-state index contributed by atoms with van der Waals surface area (Å²) in [6.07, 6.45) is 0. The van der Waals surface area contributed by atoms with Crippen molar-refractivity contribution in [3.05, 3.63) is 46.9 Å². The van der Waals surface area contributed by atoms with Crippen LogP contribution in [0.5, 0.6) is 0 Å². The Kier molecular flexibility index (Phi) is 2.26. The minimum absolute atomic E-state index is 0.287. The van der Waals surface area contributed by atoms with E-state index in [2.05, 4.69) is 10.2 Å². The fourth-order valence-corrected chi connectivity index (χ4v) is 1.74. The topological polar surface area (TPSA) is 41.8 Å². The van der Waals surface area contributed by atoms with Crippen molar-refractivity contribution >= 4 is 23.2 Å². The van der Waals surface area contributed by atoms with Gasteiger partial charge in [0.05, 0.1) is 0 Å². The standard InChI is InChI=1S/C12H7FN2OS/c13-8-1-3-10-7(5-8)6-11(16-10)9-2-4-12(17)15-14-9/h1-6H,(H,15,17). The van der Waals surface area contributed by atoms with E-state index in [1.54, 1.807) is 24.3 Å². The molecule has 0 amide bonds. The van der Waals surface area contributed by atoms with Crippen LogP contribution in [0.25, 0.3) is 22.4 Å². The van der Waals surface area contributed by atoms with Gasteiger partial charge in [0, 0.05) is 5.39 Å². The van der Waals surface area contributed by atoms with Crippen LogP contribution in [0.1, 0.15) is 0 Å². The molecule has 0 fully saturated rings. The van der Waals surface area contributed by atoms with Crippen LogP contribution >= 0.6 is 12.2 Å². The minimum Gasteiger partial charge on any atom is -0.454 e. The second-order valence-corrected chi connectivity index (χ2v) is 4.04. The fourth-order valence-electron chi connectivity index (χ4n) is 1.62. The van der Waals surface area contributed by atoms with Gasteiger partial charge in [-0.25, -0.2) is 4.39 Å². The molecule has 0 aliphatic carbocycles.